The van der Waals surface area contributed by atoms with Crippen LogP contribution < -0.4 is 9.46 Å². The van der Waals surface area contributed by atoms with E-state index in [1.165, 1.54) is 0 Å². The molecule has 5 nitrogen and oxygen atoms in total. The van der Waals surface area contributed by atoms with Gasteiger partial charge in [-0.3, -0.25) is 0 Å². The SMILES string of the molecule is O=S(=O)(NC[C@H]1CCOC1)c1ccc(OC(F)(F)F)cc1. The van der Waals surface area contributed by atoms with E-state index in [0.717, 1.165) is 30.7 Å². The highest BCUT2D eigenvalue weighted by atomic mass is 32.2. The quantitative estimate of drug-likeness (QED) is 0.898. The molecule has 0 spiro atoms. The fraction of sp³-hybridized carbons (Fsp3) is 0.500. The molecule has 1 N–H and O–H groups in total. The molecule has 1 aliphatic rings. The van der Waals surface area contributed by atoms with Crippen LogP contribution >= 0.6 is 0 Å². The number of rotatable bonds is 5. The number of hydrogen-bond acceptors (Lipinski definition) is 4. The first-order chi connectivity index (χ1) is 9.76. The topological polar surface area (TPSA) is 64.6 Å². The first-order valence-electron chi connectivity index (χ1n) is 6.19. The van der Waals surface area contributed by atoms with Crippen LogP contribution in [-0.4, -0.2) is 34.5 Å². The lowest BCUT2D eigenvalue weighted by atomic mass is 10.1. The Morgan fingerprint density at radius 1 is 1.29 bits per heavy atom. The van der Waals surface area contributed by atoms with Gasteiger partial charge in [-0.25, -0.2) is 13.1 Å². The maximum atomic E-state index is 12.0. The van der Waals surface area contributed by atoms with Crippen molar-refractivity contribution in [3.05, 3.63) is 24.3 Å². The van der Waals surface area contributed by atoms with E-state index in [1.54, 1.807) is 0 Å². The summed E-state index contributed by atoms with van der Waals surface area (Å²) < 4.78 is 71.2. The van der Waals surface area contributed by atoms with Crippen molar-refractivity contribution in [3.63, 3.8) is 0 Å². The van der Waals surface area contributed by atoms with Gasteiger partial charge in [0, 0.05) is 13.2 Å². The van der Waals surface area contributed by atoms with Gasteiger partial charge in [-0.05, 0) is 36.6 Å². The molecule has 118 valence electrons. The van der Waals surface area contributed by atoms with Gasteiger partial charge in [-0.1, -0.05) is 0 Å². The molecule has 0 bridgehead atoms. The molecule has 0 radical (unpaired) electrons. The molecule has 1 aliphatic heterocycles. The zero-order valence-corrected chi connectivity index (χ0v) is 11.7. The first kappa shape index (κ1) is 16.1. The molecule has 1 aromatic carbocycles. The van der Waals surface area contributed by atoms with Crippen LogP contribution in [0.15, 0.2) is 29.2 Å². The molecule has 1 fully saturated rings. The molecule has 0 amide bonds. The van der Waals surface area contributed by atoms with Crippen LogP contribution in [0, 0.1) is 5.92 Å². The number of nitrogens with one attached hydrogen (secondary N) is 1. The fourth-order valence-electron chi connectivity index (χ4n) is 1.88. The van der Waals surface area contributed by atoms with Crippen molar-refractivity contribution < 1.29 is 31.1 Å². The molecule has 0 aromatic heterocycles. The summed E-state index contributed by atoms with van der Waals surface area (Å²) in [4.78, 5) is -0.115. The molecule has 0 unspecified atom stereocenters. The van der Waals surface area contributed by atoms with Crippen LogP contribution in [0.3, 0.4) is 0 Å². The number of alkyl halides is 3. The molecule has 0 aliphatic carbocycles. The summed E-state index contributed by atoms with van der Waals surface area (Å²) in [5, 5.41) is 0. The lowest BCUT2D eigenvalue weighted by molar-refractivity contribution is -0.274. The summed E-state index contributed by atoms with van der Waals surface area (Å²) in [6.45, 7) is 1.35. The van der Waals surface area contributed by atoms with Gasteiger partial charge in [0.1, 0.15) is 5.75 Å². The molecular formula is C12H14F3NO4S. The van der Waals surface area contributed by atoms with Crippen molar-refractivity contribution >= 4 is 10.0 Å². The van der Waals surface area contributed by atoms with Crippen molar-refractivity contribution in [2.75, 3.05) is 19.8 Å². The lowest BCUT2D eigenvalue weighted by Gasteiger charge is -2.11. The van der Waals surface area contributed by atoms with Crippen molar-refractivity contribution in [1.29, 1.82) is 0 Å². The predicted octanol–water partition coefficient (Wildman–Crippen LogP) is 1.90. The predicted molar refractivity (Wildman–Crippen MR) is 67.2 cm³/mol. The maximum absolute atomic E-state index is 12.0. The van der Waals surface area contributed by atoms with Crippen molar-refractivity contribution in [2.24, 2.45) is 5.92 Å². The Hall–Kier alpha value is -1.32. The van der Waals surface area contributed by atoms with E-state index in [2.05, 4.69) is 9.46 Å². The number of sulfonamides is 1. The van der Waals surface area contributed by atoms with Gasteiger partial charge in [-0.15, -0.1) is 13.2 Å². The minimum atomic E-state index is -4.80. The van der Waals surface area contributed by atoms with Gasteiger partial charge in [0.15, 0.2) is 0 Å². The Labute approximate surface area is 120 Å². The lowest BCUT2D eigenvalue weighted by Crippen LogP contribution is -2.29. The fourth-order valence-corrected chi connectivity index (χ4v) is 2.99. The van der Waals surface area contributed by atoms with E-state index in [4.69, 9.17) is 4.74 Å². The van der Waals surface area contributed by atoms with Crippen LogP contribution in [0.5, 0.6) is 5.75 Å². The maximum Gasteiger partial charge on any atom is 0.573 e. The smallest absolute Gasteiger partial charge is 0.406 e. The summed E-state index contributed by atoms with van der Waals surface area (Å²) in [5.41, 5.74) is 0. The van der Waals surface area contributed by atoms with E-state index >= 15 is 0 Å². The molecule has 1 heterocycles. The van der Waals surface area contributed by atoms with Gasteiger partial charge in [0.05, 0.1) is 11.5 Å². The zero-order valence-electron chi connectivity index (χ0n) is 10.9. The molecule has 1 atom stereocenters. The number of halogens is 3. The second kappa shape index (κ2) is 6.20. The minimum absolute atomic E-state index is 0.115. The van der Waals surface area contributed by atoms with Gasteiger partial charge < -0.3 is 9.47 Å². The molecule has 1 aromatic rings. The second-order valence-electron chi connectivity index (χ2n) is 4.60. The van der Waals surface area contributed by atoms with Gasteiger partial charge in [0.2, 0.25) is 10.0 Å². The van der Waals surface area contributed by atoms with Gasteiger partial charge in [-0.2, -0.15) is 0 Å². The first-order valence-corrected chi connectivity index (χ1v) is 7.68. The molecule has 1 saturated heterocycles. The Kier molecular flexibility index (Phi) is 4.74. The summed E-state index contributed by atoms with van der Waals surface area (Å²) in [6, 6.07) is 4.05. The highest BCUT2D eigenvalue weighted by Gasteiger charge is 2.31. The molecule has 2 rings (SSSR count). The van der Waals surface area contributed by atoms with Gasteiger partial charge >= 0.3 is 6.36 Å². The van der Waals surface area contributed by atoms with E-state index in [0.29, 0.717) is 13.2 Å². The number of benzene rings is 1. The van der Waals surface area contributed by atoms with Crippen LogP contribution in [0.25, 0.3) is 0 Å². The molecule has 0 saturated carbocycles. The molecule has 21 heavy (non-hydrogen) atoms. The van der Waals surface area contributed by atoms with Crippen molar-refractivity contribution in [3.8, 4) is 5.75 Å². The second-order valence-corrected chi connectivity index (χ2v) is 6.37. The summed E-state index contributed by atoms with van der Waals surface area (Å²) >= 11 is 0. The third-order valence-electron chi connectivity index (χ3n) is 2.95. The Morgan fingerprint density at radius 2 is 1.95 bits per heavy atom. The van der Waals surface area contributed by atoms with E-state index < -0.39 is 22.1 Å². The van der Waals surface area contributed by atoms with Crippen molar-refractivity contribution in [1.82, 2.24) is 4.72 Å². The molecule has 9 heteroatoms. The third-order valence-corrected chi connectivity index (χ3v) is 4.39. The van der Waals surface area contributed by atoms with Crippen LogP contribution in [0.4, 0.5) is 13.2 Å². The summed E-state index contributed by atoms with van der Waals surface area (Å²) in [6.07, 6.45) is -4.03. The zero-order chi connectivity index (χ0) is 15.5. The van der Waals surface area contributed by atoms with E-state index in [-0.39, 0.29) is 17.4 Å². The average molecular weight is 325 g/mol. The third kappa shape index (κ3) is 4.87. The highest BCUT2D eigenvalue weighted by molar-refractivity contribution is 7.89. The number of hydrogen-bond donors (Lipinski definition) is 1. The standard InChI is InChI=1S/C12H14F3NO4S/c13-12(14,15)20-10-1-3-11(4-2-10)21(17,18)16-7-9-5-6-19-8-9/h1-4,9,16H,5-8H2/t9-/m1/s1. The number of ether oxygens (including phenoxy) is 2. The Morgan fingerprint density at radius 3 is 2.48 bits per heavy atom. The Bertz CT molecular complexity index is 565. The Balaban J connectivity index is 1.99. The van der Waals surface area contributed by atoms with Crippen molar-refractivity contribution in [2.45, 2.75) is 17.7 Å². The average Bonchev–Trinajstić information content (AvgIpc) is 2.88. The van der Waals surface area contributed by atoms with Crippen LogP contribution in [0.1, 0.15) is 6.42 Å². The van der Waals surface area contributed by atoms with Crippen LogP contribution in [-0.2, 0) is 14.8 Å². The summed E-state index contributed by atoms with van der Waals surface area (Å²) in [7, 11) is -3.75. The largest absolute Gasteiger partial charge is 0.573 e. The van der Waals surface area contributed by atoms with E-state index in [9.17, 15) is 21.6 Å². The molecular weight excluding hydrogens is 311 g/mol. The van der Waals surface area contributed by atoms with Gasteiger partial charge in [0.25, 0.3) is 0 Å². The minimum Gasteiger partial charge on any atom is -0.406 e. The summed E-state index contributed by atoms with van der Waals surface area (Å²) in [5.74, 6) is -0.349. The highest BCUT2D eigenvalue weighted by Crippen LogP contribution is 2.24. The van der Waals surface area contributed by atoms with Crippen LogP contribution in [0.2, 0.25) is 0 Å². The monoisotopic (exact) mass is 325 g/mol. The normalized spacial score (nSPS) is 19.7. The van der Waals surface area contributed by atoms with E-state index in [1.807, 2.05) is 0 Å².